The summed E-state index contributed by atoms with van der Waals surface area (Å²) in [7, 11) is 0. The van der Waals surface area contributed by atoms with Crippen molar-refractivity contribution in [2.45, 2.75) is 0 Å². The number of aromatic nitrogens is 1. The number of benzene rings is 4. The first-order valence-electron chi connectivity index (χ1n) is 10.5. The summed E-state index contributed by atoms with van der Waals surface area (Å²) < 4.78 is 3.64. The number of anilines is 1. The Bertz CT molecular complexity index is 1450. The normalized spacial score (nSPS) is 10.8. The first-order chi connectivity index (χ1) is 16.2. The number of carbonyl (C=O) groups excluding carboxylic acids is 1. The number of nitrogens with one attached hydrogen (secondary N) is 1. The maximum atomic E-state index is 12.9. The zero-order chi connectivity index (χ0) is 22.6. The number of halogens is 1. The van der Waals surface area contributed by atoms with Crippen molar-refractivity contribution >= 4 is 62.2 Å². The zero-order valence-corrected chi connectivity index (χ0v) is 20.8. The Morgan fingerprint density at radius 2 is 1.42 bits per heavy atom. The van der Waals surface area contributed by atoms with Crippen LogP contribution < -0.4 is 14.2 Å². The van der Waals surface area contributed by atoms with E-state index in [4.69, 9.17) is 0 Å². The molecule has 1 amide bonds. The van der Waals surface area contributed by atoms with Crippen LogP contribution in [0.1, 0.15) is 10.5 Å². The molecule has 0 unspecified atom stereocenters. The van der Waals surface area contributed by atoms with E-state index in [0.717, 1.165) is 21.3 Å². The molecule has 5 aromatic rings. The van der Waals surface area contributed by atoms with Gasteiger partial charge in [-0.05, 0) is 0 Å². The molecule has 5 heteroatoms. The van der Waals surface area contributed by atoms with Crippen molar-refractivity contribution in [3.63, 3.8) is 0 Å². The van der Waals surface area contributed by atoms with E-state index in [1.54, 1.807) is 18.3 Å². The Hall–Kier alpha value is -3.24. The summed E-state index contributed by atoms with van der Waals surface area (Å²) >= 11 is 3.78. The minimum absolute atomic E-state index is 0.0670. The molecule has 0 bridgehead atoms. The Balaban J connectivity index is 1.62. The second-order valence-electron chi connectivity index (χ2n) is 7.44. The molecule has 0 saturated carbocycles. The molecule has 1 heterocycles. The summed E-state index contributed by atoms with van der Waals surface area (Å²) in [5.41, 5.74) is 3.29. The van der Waals surface area contributed by atoms with E-state index >= 15 is 0 Å². The van der Waals surface area contributed by atoms with Gasteiger partial charge in [-0.25, -0.2) is 0 Å². The van der Waals surface area contributed by atoms with Gasteiger partial charge in [0.15, 0.2) is 0 Å². The third-order valence-electron chi connectivity index (χ3n) is 5.27. The van der Waals surface area contributed by atoms with Crippen molar-refractivity contribution in [3.8, 4) is 11.1 Å². The fourth-order valence-corrected chi connectivity index (χ4v) is 6.50. The van der Waals surface area contributed by atoms with Crippen LogP contribution in [0.25, 0.3) is 21.9 Å². The van der Waals surface area contributed by atoms with Gasteiger partial charge in [0.25, 0.3) is 0 Å². The quantitative estimate of drug-likeness (QED) is 0.287. The molecular formula is C28H19BrN2OSe. The van der Waals surface area contributed by atoms with E-state index in [-0.39, 0.29) is 20.9 Å². The van der Waals surface area contributed by atoms with E-state index in [0.29, 0.717) is 5.69 Å². The molecule has 3 nitrogen and oxygen atoms in total. The van der Waals surface area contributed by atoms with Crippen LogP contribution in [-0.2, 0) is 0 Å². The molecule has 0 aliphatic carbocycles. The monoisotopic (exact) mass is 558 g/mol. The van der Waals surface area contributed by atoms with E-state index in [2.05, 4.69) is 86.9 Å². The molecule has 1 N–H and O–H groups in total. The van der Waals surface area contributed by atoms with Crippen LogP contribution in [0.4, 0.5) is 5.69 Å². The molecule has 0 saturated heterocycles. The predicted octanol–water partition coefficient (Wildman–Crippen LogP) is 5.57. The van der Waals surface area contributed by atoms with Gasteiger partial charge in [-0.2, -0.15) is 0 Å². The number of para-hydroxylation sites is 1. The Morgan fingerprint density at radius 1 is 0.727 bits per heavy atom. The van der Waals surface area contributed by atoms with Gasteiger partial charge in [-0.1, -0.05) is 0 Å². The van der Waals surface area contributed by atoms with Gasteiger partial charge in [-0.3, -0.25) is 0 Å². The molecule has 0 spiro atoms. The molecular weight excluding hydrogens is 539 g/mol. The van der Waals surface area contributed by atoms with Crippen LogP contribution in [0.3, 0.4) is 0 Å². The summed E-state index contributed by atoms with van der Waals surface area (Å²) in [6.45, 7) is 0. The average molecular weight is 558 g/mol. The van der Waals surface area contributed by atoms with Crippen molar-refractivity contribution in [2.75, 3.05) is 5.32 Å². The molecule has 33 heavy (non-hydrogen) atoms. The minimum atomic E-state index is -0.221. The van der Waals surface area contributed by atoms with Gasteiger partial charge in [-0.15, -0.1) is 0 Å². The molecule has 0 aliphatic heterocycles. The Labute approximate surface area is 207 Å². The third-order valence-corrected chi connectivity index (χ3v) is 8.93. The van der Waals surface area contributed by atoms with Crippen molar-refractivity contribution in [1.82, 2.24) is 4.98 Å². The fraction of sp³-hybridized carbons (Fsp3) is 0. The number of nitrogens with zero attached hydrogens (tertiary/aromatic N) is 1. The van der Waals surface area contributed by atoms with Crippen molar-refractivity contribution in [1.29, 1.82) is 0 Å². The van der Waals surface area contributed by atoms with E-state index < -0.39 is 0 Å². The van der Waals surface area contributed by atoms with Gasteiger partial charge in [0, 0.05) is 0 Å². The van der Waals surface area contributed by atoms with Crippen LogP contribution in [-0.4, -0.2) is 25.8 Å². The molecule has 0 radical (unpaired) electrons. The second kappa shape index (κ2) is 9.72. The van der Waals surface area contributed by atoms with Gasteiger partial charge < -0.3 is 0 Å². The number of rotatable bonds is 5. The van der Waals surface area contributed by atoms with Crippen molar-refractivity contribution in [2.24, 2.45) is 0 Å². The van der Waals surface area contributed by atoms with Crippen LogP contribution in [0.5, 0.6) is 0 Å². The molecule has 1 aromatic heterocycles. The van der Waals surface area contributed by atoms with Gasteiger partial charge in [0.05, 0.1) is 0 Å². The zero-order valence-electron chi connectivity index (χ0n) is 17.5. The van der Waals surface area contributed by atoms with Crippen LogP contribution >= 0.6 is 15.9 Å². The topological polar surface area (TPSA) is 42.0 Å². The summed E-state index contributed by atoms with van der Waals surface area (Å²) in [6.07, 6.45) is 1.63. The summed E-state index contributed by atoms with van der Waals surface area (Å²) in [5.74, 6) is -0.221. The number of hydrogen-bond donors (Lipinski definition) is 1. The first kappa shape index (κ1) is 21.6. The standard InChI is InChI=1S/C28H19BrN2OSe/c29-23-12-4-6-15-26(23)33-27-18-20-10-2-1-9-19(20)17-22(27)21-11-3-5-13-24(21)31-28(32)25-14-7-8-16-30-25/h1-18H,(H,31,32). The van der Waals surface area contributed by atoms with Crippen molar-refractivity contribution in [3.05, 3.63) is 119 Å². The van der Waals surface area contributed by atoms with E-state index in [9.17, 15) is 4.79 Å². The SMILES string of the molecule is O=C(Nc1ccccc1-c1cc2ccccc2cc1[Se]c1ccccc1Br)c1ccccn1. The summed E-state index contributed by atoms with van der Waals surface area (Å²) in [6, 6.07) is 34.6. The van der Waals surface area contributed by atoms with Gasteiger partial charge >= 0.3 is 208 Å². The first-order valence-corrected chi connectivity index (χ1v) is 13.0. The fourth-order valence-electron chi connectivity index (χ4n) is 3.67. The number of fused-ring (bicyclic) bond motifs is 1. The average Bonchev–Trinajstić information content (AvgIpc) is 2.86. The predicted molar refractivity (Wildman–Crippen MR) is 141 cm³/mol. The molecule has 0 fully saturated rings. The molecule has 160 valence electrons. The van der Waals surface area contributed by atoms with Crippen LogP contribution in [0, 0.1) is 0 Å². The van der Waals surface area contributed by atoms with Crippen molar-refractivity contribution < 1.29 is 4.79 Å². The molecule has 4 aromatic carbocycles. The number of carbonyl (C=O) groups is 1. The number of amides is 1. The Kier molecular flexibility index (Phi) is 6.36. The second-order valence-corrected chi connectivity index (χ2v) is 10.6. The van der Waals surface area contributed by atoms with Gasteiger partial charge in [0.1, 0.15) is 0 Å². The maximum absolute atomic E-state index is 12.9. The van der Waals surface area contributed by atoms with E-state index in [1.165, 1.54) is 19.7 Å². The van der Waals surface area contributed by atoms with Gasteiger partial charge in [0.2, 0.25) is 0 Å². The van der Waals surface area contributed by atoms with Crippen LogP contribution in [0.2, 0.25) is 0 Å². The van der Waals surface area contributed by atoms with Crippen LogP contribution in [0.15, 0.2) is 114 Å². The third kappa shape index (κ3) is 4.76. The summed E-state index contributed by atoms with van der Waals surface area (Å²) in [4.78, 5) is 17.0. The van der Waals surface area contributed by atoms with E-state index in [1.807, 2.05) is 30.3 Å². The summed E-state index contributed by atoms with van der Waals surface area (Å²) in [5, 5.41) is 5.45. The Morgan fingerprint density at radius 3 is 2.21 bits per heavy atom. The molecule has 0 aliphatic rings. The number of hydrogen-bond acceptors (Lipinski definition) is 2. The molecule has 5 rings (SSSR count). The number of pyridine rings is 1. The molecule has 0 atom stereocenters.